The van der Waals surface area contributed by atoms with Gasteiger partial charge in [-0.1, -0.05) is 13.8 Å². The number of aromatic amines is 1. The van der Waals surface area contributed by atoms with E-state index in [1.54, 1.807) is 6.07 Å². The fraction of sp³-hybridized carbons (Fsp3) is 0.414. The average Bonchev–Trinajstić information content (AvgIpc) is 3.55. The minimum absolute atomic E-state index is 0.0168. The number of nitrogens with one attached hydrogen (secondary N) is 2. The van der Waals surface area contributed by atoms with Gasteiger partial charge in [0.05, 0.1) is 16.7 Å². The van der Waals surface area contributed by atoms with Crippen molar-refractivity contribution in [2.75, 3.05) is 12.3 Å². The molecule has 0 bridgehead atoms. The second kappa shape index (κ2) is 12.7. The van der Waals surface area contributed by atoms with Crippen LogP contribution in [0.3, 0.4) is 0 Å². The third-order valence-electron chi connectivity index (χ3n) is 6.76. The predicted octanol–water partition coefficient (Wildman–Crippen LogP) is 5.23. The van der Waals surface area contributed by atoms with E-state index in [1.165, 1.54) is 17.4 Å². The number of pyridine rings is 1. The lowest BCUT2D eigenvalue weighted by molar-refractivity contribution is -0.151. The Kier molecular flexibility index (Phi) is 9.29. The van der Waals surface area contributed by atoms with Gasteiger partial charge in [0.2, 0.25) is 0 Å². The number of anilines is 1. The molecule has 0 spiro atoms. The van der Waals surface area contributed by atoms with Crippen molar-refractivity contribution < 1.29 is 23.1 Å². The smallest absolute Gasteiger partial charge is 0.323 e. The third kappa shape index (κ3) is 7.19. The quantitative estimate of drug-likeness (QED) is 0.220. The van der Waals surface area contributed by atoms with Crippen LogP contribution in [-0.2, 0) is 16.0 Å². The fourth-order valence-electron chi connectivity index (χ4n) is 4.75. The summed E-state index contributed by atoms with van der Waals surface area (Å²) in [6.45, 7) is 4.68. The molecule has 2 heterocycles. The van der Waals surface area contributed by atoms with E-state index < -0.39 is 23.0 Å². The molecular formula is C29H33F2N3O4S. The summed E-state index contributed by atoms with van der Waals surface area (Å²) in [5.41, 5.74) is 5.19. The number of hydrogen-bond acceptors (Lipinski definition) is 7. The van der Waals surface area contributed by atoms with Crippen LogP contribution in [0.4, 0.5) is 14.6 Å². The zero-order valence-corrected chi connectivity index (χ0v) is 22.8. The number of aromatic nitrogens is 1. The highest BCUT2D eigenvalue weighted by molar-refractivity contribution is 7.15. The van der Waals surface area contributed by atoms with E-state index >= 15 is 0 Å². The van der Waals surface area contributed by atoms with Gasteiger partial charge in [0.1, 0.15) is 29.6 Å². The first-order valence-electron chi connectivity index (χ1n) is 13.2. The van der Waals surface area contributed by atoms with Crippen molar-refractivity contribution in [1.82, 2.24) is 10.3 Å². The van der Waals surface area contributed by atoms with E-state index in [1.807, 2.05) is 6.07 Å². The van der Waals surface area contributed by atoms with Crippen LogP contribution in [-0.4, -0.2) is 35.4 Å². The first kappa shape index (κ1) is 28.6. The Morgan fingerprint density at radius 3 is 2.56 bits per heavy atom. The summed E-state index contributed by atoms with van der Waals surface area (Å²) in [4.78, 5) is 42.4. The summed E-state index contributed by atoms with van der Waals surface area (Å²) < 4.78 is 33.2. The molecule has 7 nitrogen and oxygen atoms in total. The molecule has 1 aliphatic carbocycles. The number of carbonyl (C=O) groups excluding carboxylic acids is 2. The molecule has 0 amide bonds. The summed E-state index contributed by atoms with van der Waals surface area (Å²) in [6.07, 6.45) is 5.35. The van der Waals surface area contributed by atoms with E-state index in [4.69, 9.17) is 10.5 Å². The molecule has 1 aliphatic rings. The van der Waals surface area contributed by atoms with Crippen LogP contribution in [0.5, 0.6) is 0 Å². The molecule has 0 saturated heterocycles. The van der Waals surface area contributed by atoms with Crippen molar-refractivity contribution in [3.63, 3.8) is 0 Å². The largest absolute Gasteiger partial charge is 0.461 e. The Labute approximate surface area is 229 Å². The first-order valence-corrected chi connectivity index (χ1v) is 14.0. The number of H-pyrrole nitrogens is 1. The van der Waals surface area contributed by atoms with Crippen LogP contribution >= 0.6 is 11.3 Å². The van der Waals surface area contributed by atoms with Gasteiger partial charge in [0.15, 0.2) is 5.78 Å². The molecule has 3 aromatic rings. The molecule has 1 aromatic carbocycles. The number of ketones is 1. The second-order valence-electron chi connectivity index (χ2n) is 10.3. The van der Waals surface area contributed by atoms with Gasteiger partial charge in [0.25, 0.3) is 5.56 Å². The highest BCUT2D eigenvalue weighted by Gasteiger charge is 2.26. The zero-order chi connectivity index (χ0) is 28.1. The van der Waals surface area contributed by atoms with E-state index in [-0.39, 0.29) is 40.6 Å². The number of halogens is 2. The minimum atomic E-state index is -1.01. The number of ether oxygens (including phenoxy) is 1. The van der Waals surface area contributed by atoms with Crippen LogP contribution in [0.15, 0.2) is 41.2 Å². The molecule has 10 heteroatoms. The maximum Gasteiger partial charge on any atom is 0.323 e. The van der Waals surface area contributed by atoms with Gasteiger partial charge in [0, 0.05) is 22.4 Å². The molecule has 1 atom stereocenters. The second-order valence-corrected chi connectivity index (χ2v) is 11.5. The van der Waals surface area contributed by atoms with Crippen molar-refractivity contribution in [1.29, 1.82) is 0 Å². The summed E-state index contributed by atoms with van der Waals surface area (Å²) in [5.74, 6) is -2.65. The zero-order valence-electron chi connectivity index (χ0n) is 22.0. The van der Waals surface area contributed by atoms with E-state index in [9.17, 15) is 23.2 Å². The highest BCUT2D eigenvalue weighted by atomic mass is 32.1. The molecule has 4 N–H and O–H groups in total. The van der Waals surface area contributed by atoms with Crippen molar-refractivity contribution in [2.45, 2.75) is 64.5 Å². The van der Waals surface area contributed by atoms with Gasteiger partial charge in [-0.2, -0.15) is 0 Å². The van der Waals surface area contributed by atoms with Gasteiger partial charge >= 0.3 is 5.97 Å². The lowest BCUT2D eigenvalue weighted by atomic mass is 10.0. The normalized spacial score (nSPS) is 14.6. The summed E-state index contributed by atoms with van der Waals surface area (Å²) >= 11 is 1.38. The monoisotopic (exact) mass is 557 g/mol. The standard InChI is InChI=1S/C29H33F2N3O4S/c1-16(2)13-24(29(37)38-18-5-3-4-6-18)33-12-11-19-8-10-25(39-19)21-15-22(27(32)34-28(21)36)26(35)20-9-7-17(30)14-23(20)31/h7-10,14-16,18,24,33H,3-6,11-13H2,1-2H3,(H3,32,34,36)/t24-/m0/s1. The number of benzene rings is 1. The van der Waals surface area contributed by atoms with E-state index in [0.29, 0.717) is 36.2 Å². The van der Waals surface area contributed by atoms with Gasteiger partial charge in [-0.25, -0.2) is 8.78 Å². The number of carbonyl (C=O) groups is 2. The number of nitrogen functional groups attached to an aromatic ring is 1. The molecule has 0 unspecified atom stereocenters. The maximum absolute atomic E-state index is 14.2. The van der Waals surface area contributed by atoms with Gasteiger partial charge in [-0.15, -0.1) is 11.3 Å². The Balaban J connectivity index is 1.45. The number of hydrogen-bond donors (Lipinski definition) is 3. The van der Waals surface area contributed by atoms with Gasteiger partial charge in [-0.05, 0) is 74.8 Å². The average molecular weight is 558 g/mol. The Bertz CT molecular complexity index is 1400. The van der Waals surface area contributed by atoms with E-state index in [2.05, 4.69) is 24.1 Å². The van der Waals surface area contributed by atoms with Crippen LogP contribution < -0.4 is 16.6 Å². The topological polar surface area (TPSA) is 114 Å². The SMILES string of the molecule is CC(C)C[C@H](NCCc1ccc(-c2cc(C(=O)c3ccc(F)cc3F)c(N)[nH]c2=O)s1)C(=O)OC1CCCC1. The molecule has 0 aliphatic heterocycles. The summed E-state index contributed by atoms with van der Waals surface area (Å²) in [5, 5.41) is 3.33. The Morgan fingerprint density at radius 1 is 1.13 bits per heavy atom. The van der Waals surface area contributed by atoms with Crippen LogP contribution in [0.2, 0.25) is 0 Å². The fourth-order valence-corrected chi connectivity index (χ4v) is 5.77. The van der Waals surface area contributed by atoms with Crippen LogP contribution in [0.25, 0.3) is 10.4 Å². The molecule has 1 fully saturated rings. The molecule has 39 heavy (non-hydrogen) atoms. The van der Waals surface area contributed by atoms with Crippen molar-refractivity contribution in [2.24, 2.45) is 5.92 Å². The molecule has 2 aromatic heterocycles. The van der Waals surface area contributed by atoms with Crippen molar-refractivity contribution in [3.8, 4) is 10.4 Å². The first-order chi connectivity index (χ1) is 18.6. The summed E-state index contributed by atoms with van der Waals surface area (Å²) in [7, 11) is 0. The lowest BCUT2D eigenvalue weighted by Crippen LogP contribution is -2.41. The third-order valence-corrected chi connectivity index (χ3v) is 7.94. The molecule has 0 radical (unpaired) electrons. The molecule has 208 valence electrons. The number of thiophene rings is 1. The molecule has 1 saturated carbocycles. The van der Waals surface area contributed by atoms with Crippen molar-refractivity contribution >= 4 is 28.9 Å². The number of rotatable bonds is 11. The van der Waals surface area contributed by atoms with Gasteiger partial charge < -0.3 is 20.8 Å². The Hall–Kier alpha value is -3.37. The van der Waals surface area contributed by atoms with Crippen LogP contribution in [0.1, 0.15) is 66.8 Å². The van der Waals surface area contributed by atoms with Crippen molar-refractivity contribution in [3.05, 3.63) is 74.4 Å². The maximum atomic E-state index is 14.2. The minimum Gasteiger partial charge on any atom is -0.461 e. The van der Waals surface area contributed by atoms with E-state index in [0.717, 1.165) is 42.7 Å². The Morgan fingerprint density at radius 2 is 1.87 bits per heavy atom. The number of nitrogens with two attached hydrogens (primary N) is 1. The highest BCUT2D eigenvalue weighted by Crippen LogP contribution is 2.29. The van der Waals surface area contributed by atoms with Gasteiger partial charge in [-0.3, -0.25) is 14.4 Å². The van der Waals surface area contributed by atoms with Crippen LogP contribution in [0, 0.1) is 17.6 Å². The summed E-state index contributed by atoms with van der Waals surface area (Å²) in [6, 6.07) is 7.26. The predicted molar refractivity (Wildman–Crippen MR) is 148 cm³/mol. The molecule has 4 rings (SSSR count). The molecular weight excluding hydrogens is 524 g/mol. The lowest BCUT2D eigenvalue weighted by Gasteiger charge is -2.21. The number of esters is 1.